The molecule has 1 aliphatic heterocycles. The van der Waals surface area contributed by atoms with Crippen LogP contribution in [0.3, 0.4) is 0 Å². The second kappa shape index (κ2) is 9.40. The van der Waals surface area contributed by atoms with Gasteiger partial charge in [-0.2, -0.15) is 10.5 Å². The van der Waals surface area contributed by atoms with Gasteiger partial charge in [-0.1, -0.05) is 6.07 Å². The van der Waals surface area contributed by atoms with E-state index < -0.39 is 11.9 Å². The van der Waals surface area contributed by atoms with Crippen LogP contribution >= 0.6 is 0 Å². The average Bonchev–Trinajstić information content (AvgIpc) is 2.80. The highest BCUT2D eigenvalue weighted by Gasteiger charge is 2.38. The number of nitrogens with zero attached hydrogens (tertiary/aromatic N) is 3. The summed E-state index contributed by atoms with van der Waals surface area (Å²) in [5.41, 5.74) is 3.47. The number of aromatic nitrogens is 1. The number of esters is 1. The second-order valence-corrected chi connectivity index (χ2v) is 7.40. The van der Waals surface area contributed by atoms with Crippen LogP contribution in [-0.4, -0.2) is 24.3 Å². The van der Waals surface area contributed by atoms with Gasteiger partial charge in [-0.05, 0) is 38.5 Å². The van der Waals surface area contributed by atoms with Gasteiger partial charge in [0.05, 0.1) is 54.0 Å². The normalized spacial score (nSPS) is 14.6. The second-order valence-electron chi connectivity index (χ2n) is 7.40. The minimum Gasteiger partial charge on any atom is -0.496 e. The van der Waals surface area contributed by atoms with Gasteiger partial charge in [0.15, 0.2) is 0 Å². The van der Waals surface area contributed by atoms with Crippen molar-refractivity contribution in [3.63, 3.8) is 0 Å². The predicted molar refractivity (Wildman–Crippen MR) is 118 cm³/mol. The first-order valence-corrected chi connectivity index (χ1v) is 10.2. The molecule has 2 heterocycles. The number of hydrogen-bond donors (Lipinski definition) is 1. The molecule has 0 fully saturated rings. The number of benzene rings is 1. The third kappa shape index (κ3) is 3.95. The van der Waals surface area contributed by atoms with Crippen molar-refractivity contribution in [1.82, 2.24) is 4.57 Å². The first-order valence-electron chi connectivity index (χ1n) is 10.2. The van der Waals surface area contributed by atoms with Gasteiger partial charge >= 0.3 is 5.97 Å². The Morgan fingerprint density at radius 2 is 2.03 bits per heavy atom. The molecule has 32 heavy (non-hydrogen) atoms. The number of rotatable bonds is 6. The predicted octanol–water partition coefficient (Wildman–Crippen LogP) is 3.35. The quantitative estimate of drug-likeness (QED) is 0.549. The number of methoxy groups -OCH3 is 1. The standard InChI is InChI=1S/C24H24N4O4/c1-5-28-13-14(2)22-21(23(28)29)20(17-8-7-16(12-26)11-18(17)31-4)19(15(3)27-22)24(30)32-10-6-9-25/h7-8,11,13,20,27H,5-6,10H2,1-4H3. The van der Waals surface area contributed by atoms with Crippen molar-refractivity contribution in [2.45, 2.75) is 39.7 Å². The van der Waals surface area contributed by atoms with Crippen LogP contribution in [0.25, 0.3) is 0 Å². The third-order valence-electron chi connectivity index (χ3n) is 5.48. The summed E-state index contributed by atoms with van der Waals surface area (Å²) < 4.78 is 12.5. The lowest BCUT2D eigenvalue weighted by Gasteiger charge is -2.31. The molecular formula is C24H24N4O4. The fraction of sp³-hybridized carbons (Fsp3) is 0.333. The number of aryl methyl sites for hydroxylation is 2. The van der Waals surface area contributed by atoms with E-state index in [0.717, 1.165) is 5.56 Å². The fourth-order valence-corrected chi connectivity index (χ4v) is 3.98. The van der Waals surface area contributed by atoms with Crippen LogP contribution in [0.5, 0.6) is 5.75 Å². The van der Waals surface area contributed by atoms with Crippen molar-refractivity contribution in [2.75, 3.05) is 19.0 Å². The Kier molecular flexibility index (Phi) is 6.65. The van der Waals surface area contributed by atoms with Crippen molar-refractivity contribution >= 4 is 11.7 Å². The topological polar surface area (TPSA) is 117 Å². The molecule has 0 bridgehead atoms. The molecule has 0 amide bonds. The van der Waals surface area contributed by atoms with Crippen LogP contribution in [0.4, 0.5) is 5.69 Å². The monoisotopic (exact) mass is 432 g/mol. The van der Waals surface area contributed by atoms with Gasteiger partial charge in [-0.25, -0.2) is 4.79 Å². The summed E-state index contributed by atoms with van der Waals surface area (Å²) in [6, 6.07) is 8.93. The Hall–Kier alpha value is -4.04. The summed E-state index contributed by atoms with van der Waals surface area (Å²) in [6.07, 6.45) is 1.85. The highest BCUT2D eigenvalue weighted by molar-refractivity contribution is 5.95. The number of carbonyl (C=O) groups is 1. The van der Waals surface area contributed by atoms with Gasteiger partial charge in [0.25, 0.3) is 5.56 Å². The molecule has 0 spiro atoms. The summed E-state index contributed by atoms with van der Waals surface area (Å²) in [6.45, 7) is 5.93. The van der Waals surface area contributed by atoms with Gasteiger partial charge in [-0.15, -0.1) is 0 Å². The number of nitrogens with one attached hydrogen (secondary N) is 1. The number of hydrogen-bond acceptors (Lipinski definition) is 7. The van der Waals surface area contributed by atoms with Gasteiger partial charge in [0, 0.05) is 24.0 Å². The Morgan fingerprint density at radius 1 is 1.28 bits per heavy atom. The Morgan fingerprint density at radius 3 is 2.66 bits per heavy atom. The molecule has 3 rings (SSSR count). The number of fused-ring (bicyclic) bond motifs is 1. The van der Waals surface area contributed by atoms with Crippen LogP contribution < -0.4 is 15.6 Å². The van der Waals surface area contributed by atoms with Crippen molar-refractivity contribution in [3.05, 3.63) is 68.3 Å². The maximum atomic E-state index is 13.5. The number of carbonyl (C=O) groups excluding carboxylic acids is 1. The van der Waals surface area contributed by atoms with Crippen LogP contribution in [0.2, 0.25) is 0 Å². The fourth-order valence-electron chi connectivity index (χ4n) is 3.98. The van der Waals surface area contributed by atoms with E-state index >= 15 is 0 Å². The number of allylic oxidation sites excluding steroid dienone is 1. The van der Waals surface area contributed by atoms with E-state index in [2.05, 4.69) is 11.4 Å². The molecule has 2 aromatic rings. The minimum absolute atomic E-state index is 0.0524. The molecule has 0 saturated heterocycles. The molecular weight excluding hydrogens is 408 g/mol. The maximum Gasteiger partial charge on any atom is 0.336 e. The molecule has 0 radical (unpaired) electrons. The lowest BCUT2D eigenvalue weighted by Crippen LogP contribution is -2.34. The van der Waals surface area contributed by atoms with Crippen LogP contribution in [0, 0.1) is 29.6 Å². The summed E-state index contributed by atoms with van der Waals surface area (Å²) in [5, 5.41) is 21.3. The molecule has 0 aliphatic carbocycles. The van der Waals surface area contributed by atoms with Gasteiger partial charge in [0.2, 0.25) is 0 Å². The van der Waals surface area contributed by atoms with E-state index in [1.807, 2.05) is 19.9 Å². The Labute approximate surface area is 186 Å². The molecule has 1 atom stereocenters. The van der Waals surface area contributed by atoms with Gasteiger partial charge in [-0.3, -0.25) is 4.79 Å². The lowest BCUT2D eigenvalue weighted by molar-refractivity contribution is -0.139. The van der Waals surface area contributed by atoms with E-state index in [9.17, 15) is 14.9 Å². The smallest absolute Gasteiger partial charge is 0.336 e. The molecule has 1 unspecified atom stereocenters. The molecule has 8 heteroatoms. The maximum absolute atomic E-state index is 13.5. The number of ether oxygens (including phenoxy) is 2. The number of anilines is 1. The van der Waals surface area contributed by atoms with E-state index in [4.69, 9.17) is 14.7 Å². The number of pyridine rings is 1. The summed E-state index contributed by atoms with van der Waals surface area (Å²) in [7, 11) is 1.48. The first-order chi connectivity index (χ1) is 15.4. The van der Waals surface area contributed by atoms with E-state index in [0.29, 0.717) is 40.4 Å². The zero-order chi connectivity index (χ0) is 23.4. The average molecular weight is 432 g/mol. The van der Waals surface area contributed by atoms with Crippen molar-refractivity contribution in [2.24, 2.45) is 0 Å². The highest BCUT2D eigenvalue weighted by Crippen LogP contribution is 2.44. The van der Waals surface area contributed by atoms with Crippen molar-refractivity contribution < 1.29 is 14.3 Å². The SMILES string of the molecule is CCn1cc(C)c2c(c1=O)C(c1ccc(C#N)cc1OC)C(C(=O)OCCC#N)=C(C)N2. The third-order valence-corrected chi connectivity index (χ3v) is 5.48. The van der Waals surface area contributed by atoms with Crippen LogP contribution in [-0.2, 0) is 16.1 Å². The molecule has 1 N–H and O–H groups in total. The zero-order valence-corrected chi connectivity index (χ0v) is 18.5. The molecule has 1 aliphatic rings. The van der Waals surface area contributed by atoms with Crippen LogP contribution in [0.15, 0.2) is 40.5 Å². The summed E-state index contributed by atoms with van der Waals surface area (Å²) in [4.78, 5) is 26.6. The van der Waals surface area contributed by atoms with Gasteiger partial charge in [0.1, 0.15) is 12.4 Å². The Balaban J connectivity index is 2.32. The highest BCUT2D eigenvalue weighted by atomic mass is 16.5. The van der Waals surface area contributed by atoms with E-state index in [1.54, 1.807) is 35.9 Å². The molecule has 1 aromatic carbocycles. The molecule has 1 aromatic heterocycles. The van der Waals surface area contributed by atoms with Crippen LogP contribution in [0.1, 0.15) is 48.4 Å². The molecule has 0 saturated carbocycles. The summed E-state index contributed by atoms with van der Waals surface area (Å²) >= 11 is 0. The van der Waals surface area contributed by atoms with Crippen molar-refractivity contribution in [1.29, 1.82) is 10.5 Å². The Bertz CT molecular complexity index is 1240. The van der Waals surface area contributed by atoms with Gasteiger partial charge < -0.3 is 19.4 Å². The van der Waals surface area contributed by atoms with E-state index in [-0.39, 0.29) is 24.2 Å². The lowest BCUT2D eigenvalue weighted by atomic mass is 9.80. The molecule has 8 nitrogen and oxygen atoms in total. The zero-order valence-electron chi connectivity index (χ0n) is 18.5. The van der Waals surface area contributed by atoms with Crippen molar-refractivity contribution in [3.8, 4) is 17.9 Å². The van der Waals surface area contributed by atoms with E-state index in [1.165, 1.54) is 7.11 Å². The summed E-state index contributed by atoms with van der Waals surface area (Å²) in [5.74, 6) is -0.994. The largest absolute Gasteiger partial charge is 0.496 e. The minimum atomic E-state index is -0.770. The molecule has 164 valence electrons. The first kappa shape index (κ1) is 22.6. The number of nitriles is 2.